The number of anilines is 1. The van der Waals surface area contributed by atoms with E-state index in [2.05, 4.69) is 41.9 Å². The number of aryl methyl sites for hydroxylation is 3. The Hall–Kier alpha value is -3.95. The van der Waals surface area contributed by atoms with Crippen molar-refractivity contribution in [1.82, 2.24) is 20.4 Å². The molecule has 3 fully saturated rings. The average Bonchev–Trinajstić information content (AvgIpc) is 2.88. The average molecular weight is 534 g/mol. The number of aliphatic imine (C=N–C) groups is 1. The summed E-state index contributed by atoms with van der Waals surface area (Å²) >= 11 is 0. The molecule has 3 saturated carbocycles. The van der Waals surface area contributed by atoms with E-state index < -0.39 is 6.03 Å². The molecule has 0 spiro atoms. The molecule has 10 heteroatoms. The second-order valence-electron chi connectivity index (χ2n) is 11.6. The number of primary amides is 1. The van der Waals surface area contributed by atoms with Gasteiger partial charge in [-0.2, -0.15) is 0 Å². The molecular formula is C29H36FN7O2. The molecule has 0 radical (unpaired) electrons. The number of hydrogen-bond acceptors (Lipinski definition) is 4. The number of rotatable bonds is 5. The molecule has 2 amide bonds. The normalized spacial score (nSPS) is 23.7. The van der Waals surface area contributed by atoms with Gasteiger partial charge in [-0.3, -0.25) is 14.8 Å². The number of hydrogen-bond donors (Lipinski definition) is 4. The Labute approximate surface area is 227 Å². The number of halogens is 1. The second kappa shape index (κ2) is 10.3. The lowest BCUT2D eigenvalue weighted by molar-refractivity contribution is -0.108. The predicted molar refractivity (Wildman–Crippen MR) is 151 cm³/mol. The highest BCUT2D eigenvalue weighted by atomic mass is 19.1. The number of fused-ring (bicyclic) bond motifs is 3. The molecule has 3 aromatic rings. The van der Waals surface area contributed by atoms with Crippen LogP contribution >= 0.6 is 0 Å². The van der Waals surface area contributed by atoms with Crippen molar-refractivity contribution in [1.29, 1.82) is 0 Å². The molecule has 3 aliphatic carbocycles. The van der Waals surface area contributed by atoms with Crippen LogP contribution in [0.15, 0.2) is 52.5 Å². The lowest BCUT2D eigenvalue weighted by atomic mass is 9.45. The van der Waals surface area contributed by atoms with E-state index in [-0.39, 0.29) is 17.4 Å². The summed E-state index contributed by atoms with van der Waals surface area (Å²) in [5.74, 6) is 1.75. The van der Waals surface area contributed by atoms with Crippen molar-refractivity contribution < 1.29 is 9.18 Å². The number of urea groups is 1. The third kappa shape index (κ3) is 5.32. The van der Waals surface area contributed by atoms with Crippen molar-refractivity contribution in [3.63, 3.8) is 0 Å². The fraction of sp³-hybridized carbons (Fsp3) is 0.448. The first-order valence-electron chi connectivity index (χ1n) is 13.4. The zero-order valence-electron chi connectivity index (χ0n) is 22.8. The molecule has 39 heavy (non-hydrogen) atoms. The maximum Gasteiger partial charge on any atom is 0.330 e. The van der Waals surface area contributed by atoms with Gasteiger partial charge in [-0.05, 0) is 84.7 Å². The van der Waals surface area contributed by atoms with E-state index in [4.69, 9.17) is 10.7 Å². The molecule has 6 rings (SSSR count). The molecule has 0 aliphatic heterocycles. The Bertz CT molecular complexity index is 1500. The summed E-state index contributed by atoms with van der Waals surface area (Å²) < 4.78 is 15.7. The summed E-state index contributed by atoms with van der Waals surface area (Å²) in [6.45, 7) is 9.08. The van der Waals surface area contributed by atoms with Crippen LogP contribution in [0, 0.1) is 35.9 Å². The van der Waals surface area contributed by atoms with Crippen LogP contribution in [0.2, 0.25) is 0 Å². The maximum atomic E-state index is 14.2. The van der Waals surface area contributed by atoms with Crippen molar-refractivity contribution in [3.8, 4) is 0 Å². The first-order chi connectivity index (χ1) is 18.5. The highest BCUT2D eigenvalue weighted by molar-refractivity contribution is 5.96. The van der Waals surface area contributed by atoms with Crippen molar-refractivity contribution in [2.24, 2.45) is 33.9 Å². The van der Waals surface area contributed by atoms with Gasteiger partial charge in [0.15, 0.2) is 0 Å². The van der Waals surface area contributed by atoms with Crippen LogP contribution < -0.4 is 27.5 Å². The summed E-state index contributed by atoms with van der Waals surface area (Å²) in [7, 11) is 0. The number of nitrogens with zero attached hydrogens (tertiary/aromatic N) is 3. The highest BCUT2D eigenvalue weighted by Crippen LogP contribution is 2.61. The van der Waals surface area contributed by atoms with Gasteiger partial charge in [0.05, 0.1) is 23.3 Å². The zero-order valence-corrected chi connectivity index (χ0v) is 22.8. The number of aromatic nitrogens is 2. The Morgan fingerprint density at radius 3 is 2.69 bits per heavy atom. The molecule has 2 bridgehead atoms. The van der Waals surface area contributed by atoms with Gasteiger partial charge in [0, 0.05) is 12.2 Å². The number of hydrazine groups is 1. The minimum absolute atomic E-state index is 0.107. The predicted octanol–water partition coefficient (Wildman–Crippen LogP) is 4.10. The summed E-state index contributed by atoms with van der Waals surface area (Å²) in [5, 5.41) is 3.67. The summed E-state index contributed by atoms with van der Waals surface area (Å²) in [4.78, 5) is 33.9. The van der Waals surface area contributed by atoms with Gasteiger partial charge in [-0.15, -0.1) is 0 Å². The summed E-state index contributed by atoms with van der Waals surface area (Å²) in [6.07, 6.45) is 4.10. The van der Waals surface area contributed by atoms with Crippen molar-refractivity contribution >= 4 is 28.6 Å². The molecule has 2 aromatic carbocycles. The fourth-order valence-electron chi connectivity index (χ4n) is 6.30. The first-order valence-corrected chi connectivity index (χ1v) is 13.4. The van der Waals surface area contributed by atoms with Crippen molar-refractivity contribution in [3.05, 3.63) is 70.0 Å². The number of nitrogens with one attached hydrogen (secondary N) is 3. The van der Waals surface area contributed by atoms with Gasteiger partial charge in [-0.25, -0.2) is 24.6 Å². The molecule has 4 atom stereocenters. The fourth-order valence-corrected chi connectivity index (χ4v) is 6.30. The monoisotopic (exact) mass is 533 g/mol. The lowest BCUT2D eigenvalue weighted by Gasteiger charge is -2.61. The number of nitrogens with two attached hydrogens (primary N) is 1. The zero-order chi connectivity index (χ0) is 27.9. The molecule has 206 valence electrons. The Morgan fingerprint density at radius 2 is 2.00 bits per heavy atom. The van der Waals surface area contributed by atoms with E-state index in [9.17, 15) is 14.0 Å². The molecule has 0 saturated heterocycles. The van der Waals surface area contributed by atoms with Gasteiger partial charge in [0.25, 0.3) is 5.56 Å². The van der Waals surface area contributed by atoms with Crippen molar-refractivity contribution in [2.45, 2.75) is 59.5 Å². The standard InChI is InChI=1S/C29H36FN7O2/c1-16-5-6-18(23(30)11-16)9-10-37-15-32-25-14-20(7-8-21(25)26(37)38)33-28(36-35-27(31)39)34-24-13-19-12-22(17(24)2)29(19,3)4/h5-8,11,14-15,17,19,22,24H,9-10,12-13H2,1-4H3,(H3,31,35,39)(H2,33,34,36)/t17-,19-,22+,24-/m0/s1. The molecule has 1 heterocycles. The number of amides is 2. The third-order valence-corrected chi connectivity index (χ3v) is 8.83. The second-order valence-corrected chi connectivity index (χ2v) is 11.6. The number of benzene rings is 2. The summed E-state index contributed by atoms with van der Waals surface area (Å²) in [5.41, 5.74) is 13.2. The van der Waals surface area contributed by atoms with Gasteiger partial charge in [0.2, 0.25) is 5.96 Å². The number of guanidine groups is 1. The SMILES string of the molecule is Cc1ccc(CCn2cnc3cc(NC(=N[C@H]4C[C@@H]5C[C@H]([C@@H]4C)C5(C)C)NNC(N)=O)ccc3c2=O)c(F)c1. The molecule has 1 aromatic heterocycles. The van der Waals surface area contributed by atoms with Crippen LogP contribution in [0.1, 0.15) is 44.7 Å². The van der Waals surface area contributed by atoms with Crippen molar-refractivity contribution in [2.75, 3.05) is 5.32 Å². The van der Waals surface area contributed by atoms with E-state index in [1.807, 2.05) is 13.0 Å². The van der Waals surface area contributed by atoms with Crippen LogP contribution in [0.4, 0.5) is 14.9 Å². The third-order valence-electron chi connectivity index (χ3n) is 8.83. The Morgan fingerprint density at radius 1 is 1.21 bits per heavy atom. The van der Waals surface area contributed by atoms with Crippen LogP contribution in [-0.4, -0.2) is 27.6 Å². The molecule has 3 aliphatic rings. The minimum atomic E-state index is -0.726. The van der Waals surface area contributed by atoms with Crippen LogP contribution in [0.3, 0.4) is 0 Å². The number of carbonyl (C=O) groups excluding carboxylic acids is 1. The maximum absolute atomic E-state index is 14.2. The van der Waals surface area contributed by atoms with Gasteiger partial charge in [0.1, 0.15) is 5.82 Å². The Balaban J connectivity index is 1.34. The topological polar surface area (TPSA) is 126 Å². The summed E-state index contributed by atoms with van der Waals surface area (Å²) in [6, 6.07) is 9.71. The van der Waals surface area contributed by atoms with E-state index in [1.54, 1.807) is 24.3 Å². The van der Waals surface area contributed by atoms with E-state index in [1.165, 1.54) is 23.4 Å². The smallest absolute Gasteiger partial charge is 0.330 e. The van der Waals surface area contributed by atoms with Gasteiger partial charge < -0.3 is 11.1 Å². The molecule has 0 unspecified atom stereocenters. The minimum Gasteiger partial charge on any atom is -0.350 e. The van der Waals surface area contributed by atoms with Gasteiger partial charge in [-0.1, -0.05) is 32.9 Å². The lowest BCUT2D eigenvalue weighted by Crippen LogP contribution is -2.57. The molecule has 9 nitrogen and oxygen atoms in total. The Kier molecular flexibility index (Phi) is 7.05. The number of carbonyl (C=O) groups is 1. The quantitative estimate of drug-likeness (QED) is 0.223. The van der Waals surface area contributed by atoms with Crippen LogP contribution in [0.5, 0.6) is 0 Å². The van der Waals surface area contributed by atoms with Gasteiger partial charge >= 0.3 is 6.03 Å². The van der Waals surface area contributed by atoms with E-state index in [0.29, 0.717) is 64.2 Å². The van der Waals surface area contributed by atoms with E-state index in [0.717, 1.165) is 12.0 Å². The van der Waals surface area contributed by atoms with E-state index >= 15 is 0 Å². The van der Waals surface area contributed by atoms with Crippen LogP contribution in [0.25, 0.3) is 10.9 Å². The molecular weight excluding hydrogens is 497 g/mol. The molecule has 5 N–H and O–H groups in total. The largest absolute Gasteiger partial charge is 0.350 e. The van der Waals surface area contributed by atoms with Crippen LogP contribution in [-0.2, 0) is 13.0 Å². The highest BCUT2D eigenvalue weighted by Gasteiger charge is 2.56. The first kappa shape index (κ1) is 26.6.